The van der Waals surface area contributed by atoms with Crippen molar-refractivity contribution in [3.8, 4) is 22.4 Å². The van der Waals surface area contributed by atoms with Gasteiger partial charge >= 0.3 is 6.09 Å². The number of aryl methyl sites for hydroxylation is 1. The molecule has 3 heterocycles. The fraction of sp³-hybridized carbons (Fsp3) is 0.118. The molecule has 1 amide bonds. The van der Waals surface area contributed by atoms with E-state index in [9.17, 15) is 4.79 Å². The van der Waals surface area contributed by atoms with Crippen LogP contribution in [-0.4, -0.2) is 33.4 Å². The molecule has 0 radical (unpaired) electrons. The second-order valence-electron chi connectivity index (χ2n) is 5.28. The number of rotatable bonds is 3. The Morgan fingerprint density at radius 1 is 1.16 bits per heavy atom. The minimum absolute atomic E-state index is 0.379. The van der Waals surface area contributed by atoms with E-state index in [0.29, 0.717) is 17.2 Å². The largest absolute Gasteiger partial charge is 0.453 e. The summed E-state index contributed by atoms with van der Waals surface area (Å²) in [4.78, 5) is 19.7. The van der Waals surface area contributed by atoms with Crippen molar-refractivity contribution in [1.82, 2.24) is 20.2 Å². The third-order valence-corrected chi connectivity index (χ3v) is 3.55. The number of nitrogens with one attached hydrogen (secondary N) is 1. The molecule has 0 atom stereocenters. The summed E-state index contributed by atoms with van der Waals surface area (Å²) in [7, 11) is 1.29. The number of nitrogens with two attached hydrogens (primary N) is 1. The van der Waals surface area contributed by atoms with Gasteiger partial charge in [0, 0.05) is 23.0 Å². The van der Waals surface area contributed by atoms with Crippen LogP contribution in [0, 0.1) is 6.92 Å². The minimum Gasteiger partial charge on any atom is -0.453 e. The quantitative estimate of drug-likeness (QED) is 0.755. The highest BCUT2D eigenvalue weighted by atomic mass is 16.5. The zero-order valence-electron chi connectivity index (χ0n) is 13.7. The van der Waals surface area contributed by atoms with Crippen molar-refractivity contribution in [3.63, 3.8) is 0 Å². The van der Waals surface area contributed by atoms with E-state index in [-0.39, 0.29) is 0 Å². The van der Waals surface area contributed by atoms with Crippen molar-refractivity contribution in [1.29, 1.82) is 0 Å². The van der Waals surface area contributed by atoms with E-state index >= 15 is 0 Å². The van der Waals surface area contributed by atoms with E-state index in [1.54, 1.807) is 24.7 Å². The molecule has 0 spiro atoms. The van der Waals surface area contributed by atoms with Gasteiger partial charge in [-0.05, 0) is 36.8 Å². The average Bonchev–Trinajstić information content (AvgIpc) is 2.64. The molecule has 126 valence electrons. The Labute approximate surface area is 144 Å². The molecule has 0 saturated carbocycles. The highest BCUT2D eigenvalue weighted by molar-refractivity contribution is 5.84. The number of anilines is 2. The molecular formula is C17H16N6O2. The number of amides is 1. The normalized spacial score (nSPS) is 10.3. The maximum Gasteiger partial charge on any atom is 0.412 e. The molecule has 0 aliphatic rings. The molecule has 8 heteroatoms. The number of ether oxygens (including phenoxy) is 1. The van der Waals surface area contributed by atoms with Crippen LogP contribution in [0.3, 0.4) is 0 Å². The van der Waals surface area contributed by atoms with Gasteiger partial charge in [0.2, 0.25) is 0 Å². The molecule has 3 N–H and O–H groups in total. The Kier molecular flexibility index (Phi) is 4.51. The average molecular weight is 336 g/mol. The summed E-state index contributed by atoms with van der Waals surface area (Å²) in [5.74, 6) is 0.379. The lowest BCUT2D eigenvalue weighted by Gasteiger charge is -2.08. The van der Waals surface area contributed by atoms with Gasteiger partial charge in [0.05, 0.1) is 30.9 Å². The number of aromatic nitrogens is 4. The number of nitrogens with zero attached hydrogens (tertiary/aromatic N) is 4. The molecular weight excluding hydrogens is 320 g/mol. The van der Waals surface area contributed by atoms with Crippen molar-refractivity contribution in [2.75, 3.05) is 18.2 Å². The summed E-state index contributed by atoms with van der Waals surface area (Å²) >= 11 is 0. The van der Waals surface area contributed by atoms with Gasteiger partial charge in [0.15, 0.2) is 0 Å². The fourth-order valence-electron chi connectivity index (χ4n) is 2.30. The highest BCUT2D eigenvalue weighted by Gasteiger charge is 2.09. The van der Waals surface area contributed by atoms with Gasteiger partial charge in [-0.15, -0.1) is 0 Å². The lowest BCUT2D eigenvalue weighted by atomic mass is 10.0. The van der Waals surface area contributed by atoms with Gasteiger partial charge in [-0.1, -0.05) is 0 Å². The molecule has 3 rings (SSSR count). The van der Waals surface area contributed by atoms with Crippen molar-refractivity contribution >= 4 is 17.6 Å². The van der Waals surface area contributed by atoms with E-state index < -0.39 is 6.09 Å². The third kappa shape index (κ3) is 3.69. The third-order valence-electron chi connectivity index (χ3n) is 3.55. The molecule has 0 aliphatic carbocycles. The van der Waals surface area contributed by atoms with Crippen LogP contribution in [0.5, 0.6) is 0 Å². The molecule has 25 heavy (non-hydrogen) atoms. The molecule has 0 aromatic carbocycles. The molecule has 0 saturated heterocycles. The van der Waals surface area contributed by atoms with E-state index in [1.807, 2.05) is 25.1 Å². The van der Waals surface area contributed by atoms with Crippen LogP contribution in [0.25, 0.3) is 22.4 Å². The van der Waals surface area contributed by atoms with Crippen LogP contribution >= 0.6 is 0 Å². The Hall–Kier alpha value is -3.55. The van der Waals surface area contributed by atoms with Crippen LogP contribution in [0.1, 0.15) is 5.69 Å². The van der Waals surface area contributed by atoms with Crippen molar-refractivity contribution in [2.24, 2.45) is 0 Å². The van der Waals surface area contributed by atoms with E-state index in [0.717, 1.165) is 22.4 Å². The first-order valence-corrected chi connectivity index (χ1v) is 7.43. The lowest BCUT2D eigenvalue weighted by Crippen LogP contribution is -2.11. The SMILES string of the molecule is COC(=O)Nc1cc(-c2cnnc(-c3cc(N)cnc3C)c2)ccn1. The summed E-state index contributed by atoms with van der Waals surface area (Å²) < 4.78 is 4.57. The lowest BCUT2D eigenvalue weighted by molar-refractivity contribution is 0.187. The Balaban J connectivity index is 1.98. The van der Waals surface area contributed by atoms with Gasteiger partial charge < -0.3 is 10.5 Å². The van der Waals surface area contributed by atoms with Gasteiger partial charge in [0.1, 0.15) is 5.82 Å². The van der Waals surface area contributed by atoms with Gasteiger partial charge in [-0.25, -0.2) is 9.78 Å². The van der Waals surface area contributed by atoms with Gasteiger partial charge in [-0.3, -0.25) is 10.3 Å². The van der Waals surface area contributed by atoms with E-state index in [4.69, 9.17) is 5.73 Å². The summed E-state index contributed by atoms with van der Waals surface area (Å²) in [6.07, 6.45) is 4.24. The number of pyridine rings is 2. The first kappa shape index (κ1) is 16.3. The van der Waals surface area contributed by atoms with E-state index in [2.05, 4.69) is 30.2 Å². The standard InChI is InChI=1S/C17H16N6O2/c1-10-14(7-13(18)9-20-10)15-5-12(8-21-23-15)11-3-4-19-16(6-11)22-17(24)25-2/h3-9H,18H2,1-2H3,(H,19,22,24). The fourth-order valence-corrected chi connectivity index (χ4v) is 2.30. The second-order valence-corrected chi connectivity index (χ2v) is 5.28. The number of carbonyl (C=O) groups excluding carboxylic acids is 1. The number of hydrogen-bond donors (Lipinski definition) is 2. The van der Waals surface area contributed by atoms with Crippen LogP contribution in [0.15, 0.2) is 42.9 Å². The minimum atomic E-state index is -0.584. The predicted molar refractivity (Wildman–Crippen MR) is 93.7 cm³/mol. The molecule has 0 bridgehead atoms. The molecule has 8 nitrogen and oxygen atoms in total. The predicted octanol–water partition coefficient (Wildman–Crippen LogP) is 2.67. The van der Waals surface area contributed by atoms with E-state index in [1.165, 1.54) is 7.11 Å². The Morgan fingerprint density at radius 2 is 2.00 bits per heavy atom. The number of hydrogen-bond acceptors (Lipinski definition) is 7. The number of methoxy groups -OCH3 is 1. The monoisotopic (exact) mass is 336 g/mol. The second kappa shape index (κ2) is 6.91. The summed E-state index contributed by atoms with van der Waals surface area (Å²) in [5.41, 5.74) is 10.3. The zero-order chi connectivity index (χ0) is 17.8. The number of carbonyl (C=O) groups is 1. The molecule has 3 aromatic rings. The van der Waals surface area contributed by atoms with Crippen LogP contribution in [0.2, 0.25) is 0 Å². The molecule has 0 fully saturated rings. The molecule has 0 aliphatic heterocycles. The first-order valence-electron chi connectivity index (χ1n) is 7.43. The van der Waals surface area contributed by atoms with Crippen molar-refractivity contribution < 1.29 is 9.53 Å². The van der Waals surface area contributed by atoms with Gasteiger partial charge in [0.25, 0.3) is 0 Å². The summed E-state index contributed by atoms with van der Waals surface area (Å²) in [6.45, 7) is 1.88. The molecule has 0 unspecified atom stereocenters. The zero-order valence-corrected chi connectivity index (χ0v) is 13.7. The highest BCUT2D eigenvalue weighted by Crippen LogP contribution is 2.27. The topological polar surface area (TPSA) is 116 Å². The molecule has 3 aromatic heterocycles. The smallest absolute Gasteiger partial charge is 0.412 e. The Bertz CT molecular complexity index is 929. The maximum absolute atomic E-state index is 11.3. The van der Waals surface area contributed by atoms with Crippen LogP contribution < -0.4 is 11.1 Å². The maximum atomic E-state index is 11.3. The van der Waals surface area contributed by atoms with Crippen LogP contribution in [-0.2, 0) is 4.74 Å². The summed E-state index contributed by atoms with van der Waals surface area (Å²) in [5, 5.41) is 10.8. The first-order chi connectivity index (χ1) is 12.1. The van der Waals surface area contributed by atoms with Crippen molar-refractivity contribution in [2.45, 2.75) is 6.92 Å². The Morgan fingerprint density at radius 3 is 2.80 bits per heavy atom. The van der Waals surface area contributed by atoms with Crippen molar-refractivity contribution in [3.05, 3.63) is 48.5 Å². The van der Waals surface area contributed by atoms with Crippen LogP contribution in [0.4, 0.5) is 16.3 Å². The summed E-state index contributed by atoms with van der Waals surface area (Å²) in [6, 6.07) is 7.23. The number of nitrogen functional groups attached to an aromatic ring is 1. The van der Waals surface area contributed by atoms with Gasteiger partial charge in [-0.2, -0.15) is 10.2 Å².